The van der Waals surface area contributed by atoms with Gasteiger partial charge in [-0.1, -0.05) is 0 Å². The van der Waals surface area contributed by atoms with Gasteiger partial charge in [-0.2, -0.15) is 5.10 Å². The Balaban J connectivity index is 1.34. The monoisotopic (exact) mass is 381 g/mol. The van der Waals surface area contributed by atoms with Gasteiger partial charge in [0, 0.05) is 18.7 Å². The van der Waals surface area contributed by atoms with Gasteiger partial charge in [0.1, 0.15) is 0 Å². The number of fused-ring (bicyclic) bond motifs is 1. The van der Waals surface area contributed by atoms with Crippen LogP contribution >= 0.6 is 0 Å². The lowest BCUT2D eigenvalue weighted by Crippen LogP contribution is -2.47. The summed E-state index contributed by atoms with van der Waals surface area (Å²) in [5.74, 6) is 2.14. The minimum Gasteiger partial charge on any atom is -0.461 e. The van der Waals surface area contributed by atoms with Crippen LogP contribution in [0.5, 0.6) is 0 Å². The molecule has 2 aromatic rings. The zero-order chi connectivity index (χ0) is 19.3. The second kappa shape index (κ2) is 6.61. The molecule has 4 saturated carbocycles. The van der Waals surface area contributed by atoms with Crippen LogP contribution in [0.1, 0.15) is 62.4 Å². The second-order valence-corrected chi connectivity index (χ2v) is 9.14. The summed E-state index contributed by atoms with van der Waals surface area (Å²) in [6.07, 6.45) is 10.2. The summed E-state index contributed by atoms with van der Waals surface area (Å²) < 4.78 is 6.65. The maximum absolute atomic E-state index is 13.0. The molecule has 4 aliphatic carbocycles. The SMILES string of the molecule is CCOC(=O)c1cc2c(NC(=O)CC34CC5CC(CC(C5)C3)C4)cccn2n1. The first-order valence-electron chi connectivity index (χ1n) is 10.5. The number of amides is 1. The van der Waals surface area contributed by atoms with E-state index in [1.807, 2.05) is 12.1 Å². The van der Waals surface area contributed by atoms with Gasteiger partial charge in [0.05, 0.1) is 17.8 Å². The van der Waals surface area contributed by atoms with E-state index < -0.39 is 5.97 Å². The predicted octanol–water partition coefficient (Wildman–Crippen LogP) is 4.06. The predicted molar refractivity (Wildman–Crippen MR) is 105 cm³/mol. The molecule has 0 unspecified atom stereocenters. The van der Waals surface area contributed by atoms with E-state index in [2.05, 4.69) is 10.4 Å². The van der Waals surface area contributed by atoms with Gasteiger partial charge in [0.2, 0.25) is 5.91 Å². The van der Waals surface area contributed by atoms with Crippen LogP contribution in [0, 0.1) is 23.2 Å². The van der Waals surface area contributed by atoms with E-state index in [9.17, 15) is 9.59 Å². The van der Waals surface area contributed by atoms with E-state index in [-0.39, 0.29) is 17.0 Å². The number of hydrogen-bond acceptors (Lipinski definition) is 4. The average molecular weight is 381 g/mol. The van der Waals surface area contributed by atoms with E-state index in [0.717, 1.165) is 17.8 Å². The zero-order valence-corrected chi connectivity index (χ0v) is 16.3. The number of hydrogen-bond donors (Lipinski definition) is 1. The lowest BCUT2D eigenvalue weighted by Gasteiger charge is -2.56. The summed E-state index contributed by atoms with van der Waals surface area (Å²) in [4.78, 5) is 24.9. The van der Waals surface area contributed by atoms with Crippen molar-refractivity contribution in [1.82, 2.24) is 9.61 Å². The minimum absolute atomic E-state index is 0.0777. The van der Waals surface area contributed by atoms with Gasteiger partial charge in [-0.15, -0.1) is 0 Å². The van der Waals surface area contributed by atoms with Crippen molar-refractivity contribution in [3.05, 3.63) is 30.1 Å². The highest BCUT2D eigenvalue weighted by molar-refractivity contribution is 5.97. The molecule has 6 heteroatoms. The van der Waals surface area contributed by atoms with E-state index in [1.165, 1.54) is 38.5 Å². The molecule has 0 atom stereocenters. The van der Waals surface area contributed by atoms with E-state index >= 15 is 0 Å². The maximum Gasteiger partial charge on any atom is 0.358 e. The molecular formula is C22H27N3O3. The molecule has 0 aliphatic heterocycles. The molecule has 6 nitrogen and oxygen atoms in total. The molecule has 1 N–H and O–H groups in total. The molecule has 4 fully saturated rings. The van der Waals surface area contributed by atoms with Gasteiger partial charge < -0.3 is 10.1 Å². The number of rotatable bonds is 5. The van der Waals surface area contributed by atoms with Gasteiger partial charge in [-0.3, -0.25) is 4.79 Å². The van der Waals surface area contributed by atoms with Gasteiger partial charge in [-0.05, 0) is 80.8 Å². The number of carbonyl (C=O) groups is 2. The fraction of sp³-hybridized carbons (Fsp3) is 0.591. The third kappa shape index (κ3) is 3.09. The first kappa shape index (κ1) is 17.7. The molecule has 4 bridgehead atoms. The Morgan fingerprint density at radius 3 is 2.54 bits per heavy atom. The van der Waals surface area contributed by atoms with E-state index in [0.29, 0.717) is 24.2 Å². The number of ether oxygens (including phenoxy) is 1. The van der Waals surface area contributed by atoms with Crippen molar-refractivity contribution in [3.8, 4) is 0 Å². The molecule has 148 valence electrons. The van der Waals surface area contributed by atoms with Crippen molar-refractivity contribution in [1.29, 1.82) is 0 Å². The summed E-state index contributed by atoms with van der Waals surface area (Å²) in [6.45, 7) is 2.07. The van der Waals surface area contributed by atoms with Crippen LogP contribution in [0.2, 0.25) is 0 Å². The van der Waals surface area contributed by atoms with Gasteiger partial charge in [0.25, 0.3) is 0 Å². The van der Waals surface area contributed by atoms with Gasteiger partial charge >= 0.3 is 5.97 Å². The van der Waals surface area contributed by atoms with Crippen LogP contribution in [0.25, 0.3) is 5.52 Å². The van der Waals surface area contributed by atoms with E-state index in [4.69, 9.17) is 4.74 Å². The van der Waals surface area contributed by atoms with Gasteiger partial charge in [0.15, 0.2) is 5.69 Å². The number of esters is 1. The summed E-state index contributed by atoms with van der Waals surface area (Å²) in [7, 11) is 0. The largest absolute Gasteiger partial charge is 0.461 e. The highest BCUT2D eigenvalue weighted by Gasteiger charge is 2.51. The summed E-state index contributed by atoms with van der Waals surface area (Å²) in [6, 6.07) is 5.37. The van der Waals surface area contributed by atoms with Crippen LogP contribution < -0.4 is 5.32 Å². The molecule has 1 amide bonds. The second-order valence-electron chi connectivity index (χ2n) is 9.14. The maximum atomic E-state index is 13.0. The highest BCUT2D eigenvalue weighted by atomic mass is 16.5. The first-order chi connectivity index (χ1) is 13.5. The Kier molecular flexibility index (Phi) is 4.18. The smallest absolute Gasteiger partial charge is 0.358 e. The first-order valence-corrected chi connectivity index (χ1v) is 10.5. The number of carbonyl (C=O) groups excluding carboxylic acids is 2. The van der Waals surface area contributed by atoms with Crippen LogP contribution in [-0.4, -0.2) is 28.1 Å². The molecule has 0 radical (unpaired) electrons. The topological polar surface area (TPSA) is 72.7 Å². The number of pyridine rings is 1. The Labute approximate surface area is 164 Å². The molecule has 4 aliphatic rings. The third-order valence-corrected chi connectivity index (χ3v) is 6.96. The molecular weight excluding hydrogens is 354 g/mol. The standard InChI is InChI=1S/C22H27N3O3/c1-2-28-21(27)18-9-19-17(4-3-5-25(19)24-18)23-20(26)13-22-10-14-6-15(11-22)8-16(7-14)12-22/h3-5,9,14-16H,2,6-8,10-13H2,1H3,(H,23,26). The van der Waals surface area contributed by atoms with Crippen LogP contribution in [-0.2, 0) is 9.53 Å². The third-order valence-electron chi connectivity index (χ3n) is 6.96. The van der Waals surface area contributed by atoms with Gasteiger partial charge in [-0.25, -0.2) is 9.31 Å². The van der Waals surface area contributed by atoms with Crippen molar-refractivity contribution >= 4 is 23.1 Å². The highest BCUT2D eigenvalue weighted by Crippen LogP contribution is 2.61. The molecule has 0 saturated heterocycles. The van der Waals surface area contributed by atoms with Crippen molar-refractivity contribution in [2.24, 2.45) is 23.2 Å². The molecule has 2 aromatic heterocycles. The molecule has 28 heavy (non-hydrogen) atoms. The molecule has 2 heterocycles. The van der Waals surface area contributed by atoms with E-state index in [1.54, 1.807) is 23.7 Å². The van der Waals surface area contributed by atoms with Crippen molar-refractivity contribution in [3.63, 3.8) is 0 Å². The van der Waals surface area contributed by atoms with Crippen LogP contribution in [0.3, 0.4) is 0 Å². The Morgan fingerprint density at radius 2 is 1.89 bits per heavy atom. The summed E-state index contributed by atoms with van der Waals surface area (Å²) in [5, 5.41) is 7.36. The normalized spacial score (nSPS) is 30.5. The lowest BCUT2D eigenvalue weighted by atomic mass is 9.49. The van der Waals surface area contributed by atoms with Crippen LogP contribution in [0.15, 0.2) is 24.4 Å². The zero-order valence-electron chi connectivity index (χ0n) is 16.3. The lowest BCUT2D eigenvalue weighted by molar-refractivity contribution is -0.124. The van der Waals surface area contributed by atoms with Crippen molar-refractivity contribution in [2.75, 3.05) is 11.9 Å². The fourth-order valence-electron chi connectivity index (χ4n) is 6.47. The number of aromatic nitrogens is 2. The number of anilines is 1. The number of nitrogens with one attached hydrogen (secondary N) is 1. The quantitative estimate of drug-likeness (QED) is 0.793. The Hall–Kier alpha value is -2.37. The minimum atomic E-state index is -0.447. The Bertz CT molecular complexity index is 897. The average Bonchev–Trinajstić information content (AvgIpc) is 3.05. The summed E-state index contributed by atoms with van der Waals surface area (Å²) >= 11 is 0. The van der Waals surface area contributed by atoms with Crippen LogP contribution in [0.4, 0.5) is 5.69 Å². The summed E-state index contributed by atoms with van der Waals surface area (Å²) in [5.41, 5.74) is 1.87. The molecule has 0 spiro atoms. The molecule has 6 rings (SSSR count). The fourth-order valence-corrected chi connectivity index (χ4v) is 6.47. The number of nitrogens with zero attached hydrogens (tertiary/aromatic N) is 2. The Morgan fingerprint density at radius 1 is 1.21 bits per heavy atom. The molecule has 0 aromatic carbocycles. The van der Waals surface area contributed by atoms with Crippen molar-refractivity contribution in [2.45, 2.75) is 51.9 Å². The van der Waals surface area contributed by atoms with Crippen molar-refractivity contribution < 1.29 is 14.3 Å².